The summed E-state index contributed by atoms with van der Waals surface area (Å²) in [5, 5.41) is 8.43. The molecule has 2 heterocycles. The number of fused-ring (bicyclic) bond motifs is 1. The Morgan fingerprint density at radius 2 is 2.21 bits per heavy atom. The minimum absolute atomic E-state index is 0.169. The van der Waals surface area contributed by atoms with Crippen LogP contribution in [0.2, 0.25) is 5.28 Å². The van der Waals surface area contributed by atoms with Crippen LogP contribution in [-0.4, -0.2) is 39.8 Å². The number of nitrogens with one attached hydrogen (secondary N) is 1. The van der Waals surface area contributed by atoms with Crippen LogP contribution in [-0.2, 0) is 4.74 Å². The molecule has 0 radical (unpaired) electrons. The van der Waals surface area contributed by atoms with Gasteiger partial charge in [0.1, 0.15) is 18.2 Å². The van der Waals surface area contributed by atoms with E-state index in [1.165, 1.54) is 0 Å². The van der Waals surface area contributed by atoms with Gasteiger partial charge in [-0.15, -0.1) is 0 Å². The molecule has 126 valence electrons. The lowest BCUT2D eigenvalue weighted by molar-refractivity contribution is 0.147. The molecular weight excluding hydrogens is 464 g/mol. The summed E-state index contributed by atoms with van der Waals surface area (Å²) in [5.74, 6) is 1.25. The molecule has 0 amide bonds. The zero-order chi connectivity index (χ0) is 16.9. The van der Waals surface area contributed by atoms with Gasteiger partial charge in [-0.1, -0.05) is 6.07 Å². The quantitative estimate of drug-likeness (QED) is 0.240. The number of hydrogen-bond donors (Lipinski definition) is 1. The molecule has 24 heavy (non-hydrogen) atoms. The summed E-state index contributed by atoms with van der Waals surface area (Å²) in [7, 11) is 1.63. The molecule has 2 aromatic heterocycles. The van der Waals surface area contributed by atoms with Gasteiger partial charge in [0, 0.05) is 7.11 Å². The van der Waals surface area contributed by atoms with Gasteiger partial charge in [-0.05, 0) is 45.8 Å². The van der Waals surface area contributed by atoms with E-state index in [-0.39, 0.29) is 5.28 Å². The summed E-state index contributed by atoms with van der Waals surface area (Å²) < 4.78 is 12.7. The van der Waals surface area contributed by atoms with Crippen molar-refractivity contribution >= 4 is 62.4 Å². The Morgan fingerprint density at radius 3 is 2.96 bits per heavy atom. The zero-order valence-electron chi connectivity index (χ0n) is 12.7. The van der Waals surface area contributed by atoms with Crippen molar-refractivity contribution in [1.82, 2.24) is 19.5 Å². The number of aromatic nitrogens is 4. The third-order valence-corrected chi connectivity index (χ3v) is 5.20. The molecule has 1 aromatic carbocycles. The average molecular weight is 478 g/mol. The number of halogens is 2. The number of rotatable bonds is 7. The molecule has 0 aliphatic heterocycles. The number of anilines is 2. The molecule has 0 spiro atoms. The first kappa shape index (κ1) is 17.6. The van der Waals surface area contributed by atoms with Gasteiger partial charge in [-0.25, -0.2) is 9.44 Å². The molecule has 1 unspecified atom stereocenters. The van der Waals surface area contributed by atoms with Crippen molar-refractivity contribution in [2.75, 3.05) is 25.6 Å². The summed E-state index contributed by atoms with van der Waals surface area (Å²) in [6, 6.07) is 5.61. The van der Waals surface area contributed by atoms with Crippen molar-refractivity contribution in [2.24, 2.45) is 0 Å². The lowest BCUT2D eigenvalue weighted by Gasteiger charge is -2.12. The van der Waals surface area contributed by atoms with E-state index in [0.717, 1.165) is 11.1 Å². The zero-order valence-corrected chi connectivity index (χ0v) is 16.6. The van der Waals surface area contributed by atoms with Crippen LogP contribution in [0.15, 0.2) is 30.6 Å². The Balaban J connectivity index is 2.00. The van der Waals surface area contributed by atoms with E-state index in [1.807, 2.05) is 28.8 Å². The first-order valence-electron chi connectivity index (χ1n) is 6.97. The summed E-state index contributed by atoms with van der Waals surface area (Å²) in [5.41, 5.74) is 1.53. The fourth-order valence-corrected chi connectivity index (χ4v) is 3.40. The fraction of sp³-hybridized carbons (Fsp3) is 0.214. The molecule has 0 saturated carbocycles. The second-order valence-corrected chi connectivity index (χ2v) is 7.13. The third-order valence-electron chi connectivity index (χ3n) is 3.13. The van der Waals surface area contributed by atoms with Crippen LogP contribution in [0.4, 0.5) is 11.5 Å². The molecule has 3 aromatic rings. The Morgan fingerprint density at radius 1 is 1.33 bits per heavy atom. The van der Waals surface area contributed by atoms with Gasteiger partial charge >= 0.3 is 0 Å². The maximum atomic E-state index is 6.06. The first-order chi connectivity index (χ1) is 11.7. The highest BCUT2D eigenvalue weighted by molar-refractivity contribution is 14.2. The highest BCUT2D eigenvalue weighted by Crippen LogP contribution is 2.33. The van der Waals surface area contributed by atoms with Crippen LogP contribution in [0.25, 0.3) is 10.9 Å². The van der Waals surface area contributed by atoms with Crippen LogP contribution in [0, 0.1) is 0 Å². The highest BCUT2D eigenvalue weighted by Gasteiger charge is 2.13. The van der Waals surface area contributed by atoms with Crippen LogP contribution < -0.4 is 10.1 Å². The first-order valence-corrected chi connectivity index (χ1v) is 11.4. The van der Waals surface area contributed by atoms with Gasteiger partial charge in [0.25, 0.3) is 0 Å². The van der Waals surface area contributed by atoms with Crippen molar-refractivity contribution in [3.63, 3.8) is 0 Å². The number of ether oxygens (including phenoxy) is 2. The van der Waals surface area contributed by atoms with Crippen molar-refractivity contribution < 1.29 is 9.47 Å². The predicted octanol–water partition coefficient (Wildman–Crippen LogP) is 4.04. The van der Waals surface area contributed by atoms with Crippen LogP contribution >= 0.6 is 40.0 Å². The molecule has 3 rings (SSSR count). The Hall–Kier alpha value is -1.22. The number of hydrogen-bond acceptors (Lipinski definition) is 6. The largest absolute Gasteiger partial charge is 0.490 e. The Labute approximate surface area is 158 Å². The van der Waals surface area contributed by atoms with Gasteiger partial charge in [0.15, 0.2) is 0 Å². The minimum Gasteiger partial charge on any atom is -0.490 e. The monoisotopic (exact) mass is 477 g/mol. The van der Waals surface area contributed by atoms with E-state index >= 15 is 0 Å². The van der Waals surface area contributed by atoms with Crippen LogP contribution in [0.3, 0.4) is 0 Å². The molecule has 1 atom stereocenters. The molecule has 0 aliphatic rings. The van der Waals surface area contributed by atoms with Crippen molar-refractivity contribution in [3.8, 4) is 5.75 Å². The Kier molecular flexibility index (Phi) is 6.04. The molecule has 0 saturated heterocycles. The van der Waals surface area contributed by atoms with Crippen molar-refractivity contribution in [1.29, 1.82) is 0 Å². The van der Waals surface area contributed by atoms with Gasteiger partial charge < -0.3 is 14.8 Å². The van der Waals surface area contributed by atoms with Crippen LogP contribution in [0.5, 0.6) is 5.75 Å². The lowest BCUT2D eigenvalue weighted by Crippen LogP contribution is -2.06. The smallest absolute Gasteiger partial charge is 0.224 e. The van der Waals surface area contributed by atoms with E-state index in [4.69, 9.17) is 21.1 Å². The second-order valence-electron chi connectivity index (χ2n) is 4.72. The Bertz CT molecular complexity index is 847. The van der Waals surface area contributed by atoms with Crippen molar-refractivity contribution in [3.05, 3.63) is 35.9 Å². The molecule has 1 N–H and O–H groups in total. The van der Waals surface area contributed by atoms with Gasteiger partial charge in [-0.3, -0.25) is 0 Å². The lowest BCUT2D eigenvalue weighted by atomic mass is 10.2. The second kappa shape index (κ2) is 8.24. The third kappa shape index (κ3) is 4.05. The topological polar surface area (TPSA) is 74.1 Å². The number of methoxy groups -OCH3 is 1. The van der Waals surface area contributed by atoms with E-state index in [9.17, 15) is 0 Å². The summed E-state index contributed by atoms with van der Waals surface area (Å²) in [6.45, 7) is 0.933. The number of benzene rings is 1. The van der Waals surface area contributed by atoms with E-state index in [2.05, 4.69) is 42.4 Å². The SMILES string of the molecule is COCCOc1cccc2nc(Cl)nc(Nc3cnn(PI)c3)c12. The normalized spacial score (nSPS) is 11.5. The van der Waals surface area contributed by atoms with E-state index < -0.39 is 0 Å². The molecule has 10 heteroatoms. The fourth-order valence-electron chi connectivity index (χ4n) is 2.14. The maximum Gasteiger partial charge on any atom is 0.224 e. The standard InChI is InChI=1S/C14H14ClIN5O2P/c1-22-5-6-23-11-4-2-3-10-12(11)13(20-14(15)19-10)18-9-7-17-21(8-9)24-16/h2-4,7-8,24H,5-6H2,1H3,(H,18,19,20). The summed E-state index contributed by atoms with van der Waals surface area (Å²) in [6.07, 6.45) is 4.17. The van der Waals surface area contributed by atoms with Gasteiger partial charge in [0.2, 0.25) is 5.28 Å². The van der Waals surface area contributed by atoms with Gasteiger partial charge in [0.05, 0.1) is 42.0 Å². The highest BCUT2D eigenvalue weighted by atomic mass is 127. The summed E-state index contributed by atoms with van der Waals surface area (Å²) in [4.78, 5) is 8.59. The molecule has 7 nitrogen and oxygen atoms in total. The predicted molar refractivity (Wildman–Crippen MR) is 105 cm³/mol. The average Bonchev–Trinajstić information content (AvgIpc) is 3.02. The molecule has 0 aliphatic carbocycles. The summed E-state index contributed by atoms with van der Waals surface area (Å²) >= 11 is 8.32. The number of nitrogens with zero attached hydrogens (tertiary/aromatic N) is 4. The molecular formula is C14H14ClIN5O2P. The van der Waals surface area contributed by atoms with Crippen LogP contribution in [0.1, 0.15) is 0 Å². The van der Waals surface area contributed by atoms with E-state index in [0.29, 0.717) is 36.7 Å². The molecule has 0 bridgehead atoms. The van der Waals surface area contributed by atoms with E-state index in [1.54, 1.807) is 13.3 Å². The van der Waals surface area contributed by atoms with Gasteiger partial charge in [-0.2, -0.15) is 10.1 Å². The molecule has 0 fully saturated rings. The minimum atomic E-state index is 0.169. The maximum absolute atomic E-state index is 6.06. The van der Waals surface area contributed by atoms with Crippen molar-refractivity contribution in [2.45, 2.75) is 0 Å².